The largest absolute Gasteiger partial charge is 0.460 e. The molecule has 2 heterocycles. The molecule has 3 aromatic rings. The summed E-state index contributed by atoms with van der Waals surface area (Å²) in [5.41, 5.74) is 0.691. The molecule has 1 amide bonds. The summed E-state index contributed by atoms with van der Waals surface area (Å²) in [6.45, 7) is 0. The maximum Gasteiger partial charge on any atom is 0.460 e. The number of aromatic nitrogens is 2. The van der Waals surface area contributed by atoms with Crippen LogP contribution in [0.4, 0.5) is 46.6 Å². The highest BCUT2D eigenvalue weighted by Gasteiger charge is 2.73. The minimum absolute atomic E-state index is 0.0635. The molecular weight excluding hydrogens is 532 g/mol. The maximum absolute atomic E-state index is 14.4. The lowest BCUT2D eigenvalue weighted by atomic mass is 10.0. The maximum atomic E-state index is 14.4. The minimum Gasteiger partial charge on any atom is -0.304 e. The van der Waals surface area contributed by atoms with Crippen LogP contribution in [0.25, 0.3) is 0 Å². The average molecular weight is 544 g/mol. The van der Waals surface area contributed by atoms with Gasteiger partial charge in [0.2, 0.25) is 0 Å². The highest BCUT2D eigenvalue weighted by molar-refractivity contribution is 8.01. The molecule has 0 saturated heterocycles. The quantitative estimate of drug-likeness (QED) is 0.255. The van der Waals surface area contributed by atoms with E-state index in [-0.39, 0.29) is 17.8 Å². The lowest BCUT2D eigenvalue weighted by molar-refractivity contribution is -0.359. The number of carbonyl (C=O) groups is 1. The molecule has 1 aromatic carbocycles. The summed E-state index contributed by atoms with van der Waals surface area (Å²) in [7, 11) is 1.30. The van der Waals surface area contributed by atoms with Crippen molar-refractivity contribution < 1.29 is 44.8 Å². The van der Waals surface area contributed by atoms with Crippen LogP contribution in [0.3, 0.4) is 0 Å². The number of benzene rings is 1. The number of halogens is 8. The zero-order chi connectivity index (χ0) is 26.0. The second-order valence-electron chi connectivity index (χ2n) is 6.57. The van der Waals surface area contributed by atoms with E-state index < -0.39 is 41.1 Å². The van der Waals surface area contributed by atoms with Gasteiger partial charge in [-0.2, -0.15) is 30.7 Å². The molecule has 0 aliphatic rings. The van der Waals surface area contributed by atoms with Gasteiger partial charge in [0.25, 0.3) is 5.91 Å². The molecular formula is C19H12F8N4O2S2. The molecule has 0 fully saturated rings. The molecule has 16 heteroatoms. The normalized spacial score (nSPS) is 12.5. The van der Waals surface area contributed by atoms with Crippen molar-refractivity contribution >= 4 is 40.5 Å². The number of carbonyl (C=O) groups excluding carboxylic acids is 1. The number of amides is 1. The van der Waals surface area contributed by atoms with Gasteiger partial charge < -0.3 is 5.32 Å². The number of hydrogen-bond donors (Lipinski definition) is 2. The first-order valence-corrected chi connectivity index (χ1v) is 10.8. The lowest BCUT2D eigenvalue weighted by Crippen LogP contribution is -2.50. The molecule has 0 aliphatic carbocycles. The monoisotopic (exact) mass is 544 g/mol. The SMILES string of the molecule is CONc1ccc(Sc2nccs2)c(C(=O)Nc2ncc(C(F)(F)C(F)(F)C(F)(F)F)cc2F)c1. The van der Waals surface area contributed by atoms with E-state index in [1.807, 2.05) is 5.32 Å². The number of nitrogens with zero attached hydrogens (tertiary/aromatic N) is 2. The van der Waals surface area contributed by atoms with E-state index in [1.54, 1.807) is 11.4 Å². The molecule has 0 spiro atoms. The van der Waals surface area contributed by atoms with E-state index in [1.165, 1.54) is 36.8 Å². The molecule has 35 heavy (non-hydrogen) atoms. The third kappa shape index (κ3) is 5.48. The van der Waals surface area contributed by atoms with E-state index in [9.17, 15) is 39.9 Å². The summed E-state index contributed by atoms with van der Waals surface area (Å²) in [4.78, 5) is 25.1. The van der Waals surface area contributed by atoms with Crippen molar-refractivity contribution in [2.24, 2.45) is 0 Å². The lowest BCUT2D eigenvalue weighted by Gasteiger charge is -2.28. The Labute approximate surface area is 199 Å². The number of alkyl halides is 7. The van der Waals surface area contributed by atoms with Crippen molar-refractivity contribution in [3.8, 4) is 0 Å². The van der Waals surface area contributed by atoms with Gasteiger partial charge in [0.1, 0.15) is 0 Å². The predicted molar refractivity (Wildman–Crippen MR) is 110 cm³/mol. The summed E-state index contributed by atoms with van der Waals surface area (Å²) >= 11 is 2.34. The molecule has 188 valence electrons. The van der Waals surface area contributed by atoms with E-state index >= 15 is 0 Å². The van der Waals surface area contributed by atoms with Gasteiger partial charge in [-0.25, -0.2) is 14.4 Å². The summed E-state index contributed by atoms with van der Waals surface area (Å²) in [5, 5.41) is 3.67. The molecule has 0 radical (unpaired) electrons. The van der Waals surface area contributed by atoms with E-state index in [0.717, 1.165) is 11.8 Å². The first kappa shape index (κ1) is 26.6. The van der Waals surface area contributed by atoms with Crippen LogP contribution >= 0.6 is 23.1 Å². The van der Waals surface area contributed by atoms with E-state index in [2.05, 4.69) is 15.4 Å². The van der Waals surface area contributed by atoms with Gasteiger partial charge in [0, 0.05) is 28.2 Å². The van der Waals surface area contributed by atoms with Gasteiger partial charge >= 0.3 is 18.0 Å². The number of anilines is 2. The molecule has 6 nitrogen and oxygen atoms in total. The number of nitrogens with one attached hydrogen (secondary N) is 2. The minimum atomic E-state index is -6.60. The van der Waals surface area contributed by atoms with Crippen LogP contribution in [0, 0.1) is 5.82 Å². The molecule has 3 rings (SSSR count). The fraction of sp³-hybridized carbons (Fsp3) is 0.211. The number of thiazole rings is 1. The Morgan fingerprint density at radius 3 is 2.37 bits per heavy atom. The highest BCUT2D eigenvalue weighted by atomic mass is 32.2. The van der Waals surface area contributed by atoms with E-state index in [0.29, 0.717) is 14.9 Å². The van der Waals surface area contributed by atoms with Crippen LogP contribution < -0.4 is 10.8 Å². The first-order valence-electron chi connectivity index (χ1n) is 9.08. The smallest absolute Gasteiger partial charge is 0.304 e. The Kier molecular flexibility index (Phi) is 7.56. The zero-order valence-corrected chi connectivity index (χ0v) is 18.7. The second kappa shape index (κ2) is 9.94. The van der Waals surface area contributed by atoms with Gasteiger partial charge in [0.05, 0.1) is 18.4 Å². The molecule has 2 N–H and O–H groups in total. The molecule has 0 saturated carbocycles. The van der Waals surface area contributed by atoms with Crippen molar-refractivity contribution in [2.45, 2.75) is 27.3 Å². The predicted octanol–water partition coefficient (Wildman–Crippen LogP) is 6.34. The van der Waals surface area contributed by atoms with Crippen LogP contribution in [-0.4, -0.2) is 35.1 Å². The van der Waals surface area contributed by atoms with Gasteiger partial charge in [0.15, 0.2) is 16.0 Å². The molecule has 0 bridgehead atoms. The van der Waals surface area contributed by atoms with Crippen LogP contribution in [0.15, 0.2) is 51.3 Å². The molecule has 2 aromatic heterocycles. The second-order valence-corrected chi connectivity index (χ2v) is 8.76. The number of pyridine rings is 1. The summed E-state index contributed by atoms with van der Waals surface area (Å²) in [6, 6.07) is 4.11. The van der Waals surface area contributed by atoms with Gasteiger partial charge in [-0.05, 0) is 24.3 Å². The van der Waals surface area contributed by atoms with Crippen LogP contribution in [0.5, 0.6) is 0 Å². The third-order valence-corrected chi connectivity index (χ3v) is 6.20. The van der Waals surface area contributed by atoms with Crippen LogP contribution in [-0.2, 0) is 10.8 Å². The number of hydrogen-bond acceptors (Lipinski definition) is 7. The van der Waals surface area contributed by atoms with Crippen molar-refractivity contribution in [2.75, 3.05) is 17.9 Å². The Hall–Kier alpha value is -2.98. The van der Waals surface area contributed by atoms with Crippen molar-refractivity contribution in [3.63, 3.8) is 0 Å². The van der Waals surface area contributed by atoms with Gasteiger partial charge in [-0.15, -0.1) is 11.3 Å². The standard InChI is InChI=1S/C19H12F8N4O2S2/c1-33-31-10-2-3-13(35-16-28-4-5-34-16)11(7-10)15(32)30-14-12(20)6-9(8-29-14)17(21,22)18(23,24)19(25,26)27/h2-8,31H,1H3,(H,29,30,32). The first-order chi connectivity index (χ1) is 16.3. The van der Waals surface area contributed by atoms with Crippen molar-refractivity contribution in [1.29, 1.82) is 0 Å². The Morgan fingerprint density at radius 2 is 1.80 bits per heavy atom. The highest BCUT2D eigenvalue weighted by Crippen LogP contribution is 2.51. The topological polar surface area (TPSA) is 76.1 Å². The zero-order valence-electron chi connectivity index (χ0n) is 17.1. The summed E-state index contributed by atoms with van der Waals surface area (Å²) in [5.74, 6) is -16.0. The summed E-state index contributed by atoms with van der Waals surface area (Å²) < 4.78 is 106. The molecule has 0 aliphatic heterocycles. The fourth-order valence-corrected chi connectivity index (χ4v) is 4.26. The van der Waals surface area contributed by atoms with Crippen LogP contribution in [0.1, 0.15) is 15.9 Å². The van der Waals surface area contributed by atoms with Crippen molar-refractivity contribution in [3.05, 3.63) is 59.0 Å². The fourth-order valence-electron chi connectivity index (χ4n) is 2.57. The summed E-state index contributed by atoms with van der Waals surface area (Å²) in [6.07, 6.45) is -5.16. The Morgan fingerprint density at radius 1 is 1.09 bits per heavy atom. The van der Waals surface area contributed by atoms with Crippen LogP contribution in [0.2, 0.25) is 0 Å². The van der Waals surface area contributed by atoms with Gasteiger partial charge in [-0.1, -0.05) is 11.8 Å². The van der Waals surface area contributed by atoms with Crippen molar-refractivity contribution in [1.82, 2.24) is 9.97 Å². The number of rotatable bonds is 8. The van der Waals surface area contributed by atoms with Gasteiger partial charge in [-0.3, -0.25) is 15.1 Å². The Balaban J connectivity index is 1.91. The van der Waals surface area contributed by atoms with E-state index in [4.69, 9.17) is 4.84 Å². The molecule has 0 atom stereocenters. The third-order valence-electron chi connectivity index (χ3n) is 4.24. The average Bonchev–Trinajstić information content (AvgIpc) is 3.28. The molecule has 0 unspecified atom stereocenters. The Bertz CT molecular complexity index is 1210.